The van der Waals surface area contributed by atoms with Crippen molar-refractivity contribution < 1.29 is 9.53 Å². The molecule has 6 nitrogen and oxygen atoms in total. The highest BCUT2D eigenvalue weighted by Crippen LogP contribution is 2.55. The lowest BCUT2D eigenvalue weighted by Crippen LogP contribution is -2.60. The largest absolute Gasteiger partial charge is 0.382 e. The quantitative estimate of drug-likeness (QED) is 0.367. The van der Waals surface area contributed by atoms with Gasteiger partial charge in [0.1, 0.15) is 0 Å². The predicted octanol–water partition coefficient (Wildman–Crippen LogP) is 5.20. The lowest BCUT2D eigenvalue weighted by Gasteiger charge is -2.56. The number of hydrogen-bond donors (Lipinski definition) is 1. The van der Waals surface area contributed by atoms with Crippen LogP contribution >= 0.6 is 23.4 Å². The van der Waals surface area contributed by atoms with Gasteiger partial charge in [0, 0.05) is 35.9 Å². The molecule has 178 valence electrons. The standard InChI is InChI=1S/C25H33ClN4O2S/c1-2-32-9-3-8-30-23(20-4-6-21(26)7-5-20)28-29-24(30)33-16-22(31)27-25-13-17-10-18(14-25)12-19(11-17)15-25/h4-7,17-19H,2-3,8-16H2,1H3,(H,27,31). The van der Waals surface area contributed by atoms with Crippen LogP contribution in [0.5, 0.6) is 0 Å². The predicted molar refractivity (Wildman–Crippen MR) is 131 cm³/mol. The summed E-state index contributed by atoms with van der Waals surface area (Å²) in [7, 11) is 0. The molecule has 4 aliphatic rings. The van der Waals surface area contributed by atoms with E-state index in [-0.39, 0.29) is 11.4 Å². The number of nitrogens with one attached hydrogen (secondary N) is 1. The summed E-state index contributed by atoms with van der Waals surface area (Å²) in [4.78, 5) is 13.0. The first-order chi connectivity index (χ1) is 16.0. The molecule has 4 bridgehead atoms. The molecule has 0 aliphatic heterocycles. The van der Waals surface area contributed by atoms with Gasteiger partial charge < -0.3 is 14.6 Å². The number of halogens is 1. The second-order valence-corrected chi connectivity index (χ2v) is 11.4. The van der Waals surface area contributed by atoms with Crippen LogP contribution in [0.25, 0.3) is 11.4 Å². The summed E-state index contributed by atoms with van der Waals surface area (Å²) in [5, 5.41) is 13.8. The molecule has 4 fully saturated rings. The third-order valence-corrected chi connectivity index (χ3v) is 8.69. The van der Waals surface area contributed by atoms with Gasteiger partial charge in [-0.2, -0.15) is 0 Å². The van der Waals surface area contributed by atoms with Crippen LogP contribution in [0, 0.1) is 17.8 Å². The maximum atomic E-state index is 13.0. The van der Waals surface area contributed by atoms with Crippen molar-refractivity contribution in [1.82, 2.24) is 20.1 Å². The fourth-order valence-electron chi connectivity index (χ4n) is 6.60. The molecule has 33 heavy (non-hydrogen) atoms. The minimum absolute atomic E-state index is 0.0476. The number of aromatic nitrogens is 3. The van der Waals surface area contributed by atoms with Crippen LogP contribution in [0.4, 0.5) is 0 Å². The minimum Gasteiger partial charge on any atom is -0.382 e. The molecule has 1 heterocycles. The van der Waals surface area contributed by atoms with Crippen LogP contribution in [0.3, 0.4) is 0 Å². The van der Waals surface area contributed by atoms with Crippen molar-refractivity contribution in [2.45, 2.75) is 69.1 Å². The summed E-state index contributed by atoms with van der Waals surface area (Å²) >= 11 is 7.54. The third kappa shape index (κ3) is 5.25. The number of carbonyl (C=O) groups is 1. The highest BCUT2D eigenvalue weighted by atomic mass is 35.5. The van der Waals surface area contributed by atoms with E-state index in [4.69, 9.17) is 16.3 Å². The van der Waals surface area contributed by atoms with Crippen molar-refractivity contribution in [3.8, 4) is 11.4 Å². The molecule has 0 unspecified atom stereocenters. The Morgan fingerprint density at radius 1 is 1.15 bits per heavy atom. The lowest BCUT2D eigenvalue weighted by molar-refractivity contribution is -0.124. The summed E-state index contributed by atoms with van der Waals surface area (Å²) < 4.78 is 7.63. The zero-order valence-corrected chi connectivity index (χ0v) is 20.8. The van der Waals surface area contributed by atoms with Gasteiger partial charge in [-0.25, -0.2) is 0 Å². The molecule has 0 atom stereocenters. The number of thioether (sulfide) groups is 1. The molecule has 0 saturated heterocycles. The minimum atomic E-state index is 0.0476. The Balaban J connectivity index is 1.25. The molecule has 0 spiro atoms. The Morgan fingerprint density at radius 3 is 2.45 bits per heavy atom. The number of ether oxygens (including phenoxy) is 1. The Kier molecular flexibility index (Phi) is 7.00. The highest BCUT2D eigenvalue weighted by molar-refractivity contribution is 7.99. The molecule has 2 aromatic rings. The van der Waals surface area contributed by atoms with E-state index in [1.165, 1.54) is 50.3 Å². The molecular weight excluding hydrogens is 456 g/mol. The van der Waals surface area contributed by atoms with E-state index >= 15 is 0 Å². The van der Waals surface area contributed by atoms with Crippen LogP contribution in [-0.4, -0.2) is 45.2 Å². The average molecular weight is 489 g/mol. The number of hydrogen-bond acceptors (Lipinski definition) is 5. The van der Waals surface area contributed by atoms with Crippen LogP contribution in [-0.2, 0) is 16.1 Å². The van der Waals surface area contributed by atoms with Crippen molar-refractivity contribution in [3.05, 3.63) is 29.3 Å². The van der Waals surface area contributed by atoms with Gasteiger partial charge in [-0.15, -0.1) is 10.2 Å². The molecular formula is C25H33ClN4O2S. The Labute approximate surface area is 205 Å². The van der Waals surface area contributed by atoms with E-state index in [0.29, 0.717) is 24.0 Å². The number of rotatable bonds is 10. The van der Waals surface area contributed by atoms with Gasteiger partial charge >= 0.3 is 0 Å². The fraction of sp³-hybridized carbons (Fsp3) is 0.640. The molecule has 8 heteroatoms. The molecule has 4 aliphatic carbocycles. The zero-order valence-electron chi connectivity index (χ0n) is 19.3. The first kappa shape index (κ1) is 23.2. The highest BCUT2D eigenvalue weighted by Gasteiger charge is 2.51. The van der Waals surface area contributed by atoms with Crippen LogP contribution in [0.1, 0.15) is 51.9 Å². The summed E-state index contributed by atoms with van der Waals surface area (Å²) in [6.07, 6.45) is 8.50. The monoisotopic (exact) mass is 488 g/mol. The van der Waals surface area contributed by atoms with E-state index in [9.17, 15) is 4.79 Å². The topological polar surface area (TPSA) is 69.0 Å². The van der Waals surface area contributed by atoms with Gasteiger partial charge in [-0.05, 0) is 93.9 Å². The number of nitrogens with zero attached hydrogens (tertiary/aromatic N) is 3. The molecule has 1 amide bonds. The summed E-state index contributed by atoms with van der Waals surface area (Å²) in [5.41, 5.74) is 1.01. The zero-order chi connectivity index (χ0) is 22.8. The van der Waals surface area contributed by atoms with Crippen molar-refractivity contribution in [2.24, 2.45) is 17.8 Å². The van der Waals surface area contributed by atoms with Gasteiger partial charge in [0.15, 0.2) is 11.0 Å². The maximum absolute atomic E-state index is 13.0. The number of carbonyl (C=O) groups excluding carboxylic acids is 1. The second kappa shape index (κ2) is 9.96. The molecule has 0 radical (unpaired) electrons. The summed E-state index contributed by atoms with van der Waals surface area (Å²) in [5.74, 6) is 3.75. The Bertz CT molecular complexity index is 942. The van der Waals surface area contributed by atoms with Crippen molar-refractivity contribution in [3.63, 3.8) is 0 Å². The van der Waals surface area contributed by atoms with E-state index in [1.54, 1.807) is 0 Å². The van der Waals surface area contributed by atoms with E-state index in [1.807, 2.05) is 31.2 Å². The van der Waals surface area contributed by atoms with Crippen molar-refractivity contribution in [2.75, 3.05) is 19.0 Å². The summed E-state index contributed by atoms with van der Waals surface area (Å²) in [6, 6.07) is 7.64. The van der Waals surface area contributed by atoms with Crippen LogP contribution in [0.2, 0.25) is 5.02 Å². The van der Waals surface area contributed by atoms with Crippen LogP contribution in [0.15, 0.2) is 29.4 Å². The Morgan fingerprint density at radius 2 is 1.82 bits per heavy atom. The Hall–Kier alpha value is -1.57. The van der Waals surface area contributed by atoms with Crippen molar-refractivity contribution in [1.29, 1.82) is 0 Å². The van der Waals surface area contributed by atoms with Gasteiger partial charge in [-0.3, -0.25) is 4.79 Å². The number of benzene rings is 1. The van der Waals surface area contributed by atoms with E-state index in [0.717, 1.165) is 47.3 Å². The van der Waals surface area contributed by atoms with Gasteiger partial charge in [0.2, 0.25) is 5.91 Å². The first-order valence-corrected chi connectivity index (χ1v) is 13.6. The molecule has 1 N–H and O–H groups in total. The molecule has 1 aromatic carbocycles. The third-order valence-electron chi connectivity index (χ3n) is 7.47. The normalized spacial score (nSPS) is 27.8. The smallest absolute Gasteiger partial charge is 0.230 e. The number of amides is 1. The van der Waals surface area contributed by atoms with Gasteiger partial charge in [0.25, 0.3) is 0 Å². The van der Waals surface area contributed by atoms with Crippen molar-refractivity contribution >= 4 is 29.3 Å². The van der Waals surface area contributed by atoms with Crippen LogP contribution < -0.4 is 5.32 Å². The maximum Gasteiger partial charge on any atom is 0.230 e. The first-order valence-electron chi connectivity index (χ1n) is 12.2. The van der Waals surface area contributed by atoms with Gasteiger partial charge in [-0.1, -0.05) is 23.4 Å². The average Bonchev–Trinajstić information content (AvgIpc) is 3.17. The second-order valence-electron chi connectivity index (χ2n) is 10.0. The SMILES string of the molecule is CCOCCCn1c(SCC(=O)NC23CC4CC(CC(C4)C2)C3)nnc1-c1ccc(Cl)cc1. The summed E-state index contributed by atoms with van der Waals surface area (Å²) in [6.45, 7) is 4.13. The lowest BCUT2D eigenvalue weighted by atomic mass is 9.53. The fourth-order valence-corrected chi connectivity index (χ4v) is 7.49. The van der Waals surface area contributed by atoms with E-state index < -0.39 is 0 Å². The molecule has 4 saturated carbocycles. The van der Waals surface area contributed by atoms with Gasteiger partial charge in [0.05, 0.1) is 5.75 Å². The van der Waals surface area contributed by atoms with E-state index in [2.05, 4.69) is 20.1 Å². The molecule has 1 aromatic heterocycles. The molecule has 6 rings (SSSR count).